The molecule has 2 aromatic carbocycles. The molecule has 150 valence electrons. The van der Waals surface area contributed by atoms with Crippen molar-refractivity contribution in [3.05, 3.63) is 84.3 Å². The number of benzene rings is 2. The molecule has 3 rings (SSSR count). The Morgan fingerprint density at radius 2 is 1.86 bits per heavy atom. The van der Waals surface area contributed by atoms with Gasteiger partial charge in [-0.3, -0.25) is 9.59 Å². The fourth-order valence-electron chi connectivity index (χ4n) is 2.92. The smallest absolute Gasteiger partial charge is 0.291 e. The molecule has 1 aromatic heterocycles. The van der Waals surface area contributed by atoms with Crippen molar-refractivity contribution in [1.29, 1.82) is 0 Å². The second kappa shape index (κ2) is 10.1. The molecule has 0 fully saturated rings. The summed E-state index contributed by atoms with van der Waals surface area (Å²) in [6, 6.07) is 20.2. The highest BCUT2D eigenvalue weighted by molar-refractivity contribution is 6.02. The van der Waals surface area contributed by atoms with Gasteiger partial charge in [0.15, 0.2) is 12.4 Å². The van der Waals surface area contributed by atoms with Crippen LogP contribution in [0.2, 0.25) is 0 Å². The van der Waals surface area contributed by atoms with Gasteiger partial charge in [-0.2, -0.15) is 0 Å². The van der Waals surface area contributed by atoms with Crippen LogP contribution in [0.15, 0.2) is 77.4 Å². The number of carbonyl (C=O) groups is 2. The van der Waals surface area contributed by atoms with Gasteiger partial charge in [-0.25, -0.2) is 0 Å². The second-order valence-corrected chi connectivity index (χ2v) is 6.57. The molecule has 2 N–H and O–H groups in total. The van der Waals surface area contributed by atoms with E-state index in [-0.39, 0.29) is 30.1 Å². The van der Waals surface area contributed by atoms with E-state index in [1.807, 2.05) is 18.2 Å². The van der Waals surface area contributed by atoms with Gasteiger partial charge in [-0.15, -0.1) is 0 Å². The number of ether oxygens (including phenoxy) is 1. The highest BCUT2D eigenvalue weighted by Crippen LogP contribution is 2.19. The lowest BCUT2D eigenvalue weighted by Gasteiger charge is -2.16. The van der Waals surface area contributed by atoms with Crippen molar-refractivity contribution in [3.63, 3.8) is 0 Å². The number of hydrogen-bond acceptors (Lipinski definition) is 4. The molecule has 2 amide bonds. The van der Waals surface area contributed by atoms with Crippen molar-refractivity contribution in [1.82, 2.24) is 5.32 Å². The van der Waals surface area contributed by atoms with Crippen molar-refractivity contribution < 1.29 is 18.7 Å². The van der Waals surface area contributed by atoms with Crippen LogP contribution in [0.1, 0.15) is 35.4 Å². The van der Waals surface area contributed by atoms with Gasteiger partial charge in [0.25, 0.3) is 11.8 Å². The highest BCUT2D eigenvalue weighted by Gasteiger charge is 2.12. The quantitative estimate of drug-likeness (QED) is 0.571. The number of carbonyl (C=O) groups excluding carboxylic acids is 2. The van der Waals surface area contributed by atoms with Gasteiger partial charge in [0.2, 0.25) is 0 Å². The van der Waals surface area contributed by atoms with E-state index in [9.17, 15) is 9.59 Å². The zero-order chi connectivity index (χ0) is 20.5. The van der Waals surface area contributed by atoms with Crippen molar-refractivity contribution in [2.75, 3.05) is 18.5 Å². The summed E-state index contributed by atoms with van der Waals surface area (Å²) in [6.07, 6.45) is 2.37. The molecule has 0 radical (unpaired) electrons. The summed E-state index contributed by atoms with van der Waals surface area (Å²) in [5, 5.41) is 5.65. The van der Waals surface area contributed by atoms with Gasteiger partial charge in [0.1, 0.15) is 5.75 Å². The molecule has 0 saturated heterocycles. The lowest BCUT2D eigenvalue weighted by molar-refractivity contribution is -0.123. The highest BCUT2D eigenvalue weighted by atomic mass is 16.5. The monoisotopic (exact) mass is 392 g/mol. The van der Waals surface area contributed by atoms with Crippen LogP contribution in [0.3, 0.4) is 0 Å². The van der Waals surface area contributed by atoms with Gasteiger partial charge in [-0.1, -0.05) is 43.3 Å². The Morgan fingerprint density at radius 3 is 2.59 bits per heavy atom. The van der Waals surface area contributed by atoms with E-state index >= 15 is 0 Å². The van der Waals surface area contributed by atoms with Crippen LogP contribution < -0.4 is 15.4 Å². The molecule has 0 spiro atoms. The lowest BCUT2D eigenvalue weighted by atomic mass is 9.96. The molecule has 1 heterocycles. The third-order valence-electron chi connectivity index (χ3n) is 4.52. The van der Waals surface area contributed by atoms with Crippen LogP contribution in [0, 0.1) is 0 Å². The van der Waals surface area contributed by atoms with E-state index in [0.717, 1.165) is 6.42 Å². The molecule has 0 saturated carbocycles. The molecule has 6 nitrogen and oxygen atoms in total. The predicted octanol–water partition coefficient (Wildman–Crippen LogP) is 4.22. The first-order valence-corrected chi connectivity index (χ1v) is 9.55. The number of nitrogens with one attached hydrogen (secondary N) is 2. The van der Waals surface area contributed by atoms with E-state index in [1.54, 1.807) is 36.4 Å². The third kappa shape index (κ3) is 5.97. The summed E-state index contributed by atoms with van der Waals surface area (Å²) >= 11 is 0. The maximum absolute atomic E-state index is 12.2. The molecule has 0 bridgehead atoms. The van der Waals surface area contributed by atoms with E-state index in [4.69, 9.17) is 9.15 Å². The van der Waals surface area contributed by atoms with Gasteiger partial charge < -0.3 is 19.8 Å². The molecule has 0 aliphatic carbocycles. The van der Waals surface area contributed by atoms with Crippen molar-refractivity contribution in [3.8, 4) is 5.75 Å². The van der Waals surface area contributed by atoms with Gasteiger partial charge >= 0.3 is 0 Å². The van der Waals surface area contributed by atoms with Crippen molar-refractivity contribution >= 4 is 17.5 Å². The molecule has 3 aromatic rings. The number of amides is 2. The number of hydrogen-bond donors (Lipinski definition) is 2. The maximum Gasteiger partial charge on any atom is 0.291 e. The summed E-state index contributed by atoms with van der Waals surface area (Å²) in [7, 11) is 0. The summed E-state index contributed by atoms with van der Waals surface area (Å²) in [5.41, 5.74) is 1.76. The first-order valence-electron chi connectivity index (χ1n) is 9.55. The average Bonchev–Trinajstić information content (AvgIpc) is 3.29. The molecule has 29 heavy (non-hydrogen) atoms. The molecule has 0 aliphatic rings. The molecular weight excluding hydrogens is 368 g/mol. The maximum atomic E-state index is 12.2. The SMILES string of the molecule is CC[C@@H](CNC(=O)COc1cccc(NC(=O)c2ccco2)c1)c1ccccc1. The Morgan fingerprint density at radius 1 is 1.03 bits per heavy atom. The summed E-state index contributed by atoms with van der Waals surface area (Å²) in [4.78, 5) is 24.2. The van der Waals surface area contributed by atoms with Crippen molar-refractivity contribution in [2.45, 2.75) is 19.3 Å². The fourth-order valence-corrected chi connectivity index (χ4v) is 2.92. The van der Waals surface area contributed by atoms with Crippen LogP contribution >= 0.6 is 0 Å². The second-order valence-electron chi connectivity index (χ2n) is 6.57. The summed E-state index contributed by atoms with van der Waals surface area (Å²) < 4.78 is 10.6. The standard InChI is InChI=1S/C23H24N2O4/c1-2-17(18-8-4-3-5-9-18)15-24-22(26)16-29-20-11-6-10-19(14-20)25-23(27)21-12-7-13-28-21/h3-14,17H,2,15-16H2,1H3,(H,24,26)(H,25,27)/t17-/m0/s1. The molecule has 6 heteroatoms. The van der Waals surface area contributed by atoms with E-state index in [0.29, 0.717) is 18.0 Å². The minimum absolute atomic E-state index is 0.0964. The Hall–Kier alpha value is -3.54. The fraction of sp³-hybridized carbons (Fsp3) is 0.217. The normalized spacial score (nSPS) is 11.5. The molecule has 0 aliphatic heterocycles. The number of furan rings is 1. The first-order chi connectivity index (χ1) is 14.2. The number of rotatable bonds is 9. The average molecular weight is 392 g/mol. The Bertz CT molecular complexity index is 923. The Kier molecular flexibility index (Phi) is 7.05. The largest absolute Gasteiger partial charge is 0.484 e. The predicted molar refractivity (Wildman–Crippen MR) is 111 cm³/mol. The topological polar surface area (TPSA) is 80.6 Å². The minimum atomic E-state index is -0.351. The van der Waals surface area contributed by atoms with Gasteiger partial charge in [0.05, 0.1) is 6.26 Å². The third-order valence-corrected chi connectivity index (χ3v) is 4.52. The first kappa shape index (κ1) is 20.2. The lowest BCUT2D eigenvalue weighted by Crippen LogP contribution is -2.32. The molecule has 1 atom stereocenters. The molecular formula is C23H24N2O4. The van der Waals surface area contributed by atoms with E-state index < -0.39 is 0 Å². The van der Waals surface area contributed by atoms with Gasteiger partial charge in [-0.05, 0) is 36.2 Å². The van der Waals surface area contributed by atoms with E-state index in [2.05, 4.69) is 29.7 Å². The zero-order valence-electron chi connectivity index (χ0n) is 16.3. The van der Waals surface area contributed by atoms with Crippen molar-refractivity contribution in [2.24, 2.45) is 0 Å². The van der Waals surface area contributed by atoms with Crippen LogP contribution in [0.5, 0.6) is 5.75 Å². The van der Waals surface area contributed by atoms with Crippen LogP contribution in [0.4, 0.5) is 5.69 Å². The minimum Gasteiger partial charge on any atom is -0.484 e. The summed E-state index contributed by atoms with van der Waals surface area (Å²) in [6.45, 7) is 2.56. The zero-order valence-corrected chi connectivity index (χ0v) is 16.3. The Balaban J connectivity index is 1.48. The summed E-state index contributed by atoms with van der Waals surface area (Å²) in [5.74, 6) is 0.438. The van der Waals surface area contributed by atoms with Crippen LogP contribution in [0.25, 0.3) is 0 Å². The molecule has 0 unspecified atom stereocenters. The van der Waals surface area contributed by atoms with Crippen LogP contribution in [-0.4, -0.2) is 25.0 Å². The van der Waals surface area contributed by atoms with Gasteiger partial charge in [0, 0.05) is 24.2 Å². The Labute approximate surface area is 169 Å². The number of anilines is 1. The van der Waals surface area contributed by atoms with Crippen LogP contribution in [-0.2, 0) is 4.79 Å². The van der Waals surface area contributed by atoms with E-state index in [1.165, 1.54) is 11.8 Å².